The molecule has 1 amide bonds. The molecular formula is C11H19NO3S. The van der Waals surface area contributed by atoms with Crippen LogP contribution in [-0.4, -0.2) is 35.5 Å². The lowest BCUT2D eigenvalue weighted by Gasteiger charge is -2.14. The van der Waals surface area contributed by atoms with Crippen LogP contribution >= 0.6 is 11.8 Å². The fourth-order valence-electron chi connectivity index (χ4n) is 1.19. The molecule has 0 radical (unpaired) electrons. The Morgan fingerprint density at radius 2 is 1.81 bits per heavy atom. The van der Waals surface area contributed by atoms with Crippen LogP contribution in [0, 0.1) is 0 Å². The van der Waals surface area contributed by atoms with Gasteiger partial charge >= 0.3 is 0 Å². The van der Waals surface area contributed by atoms with E-state index in [1.807, 2.05) is 6.26 Å². The van der Waals surface area contributed by atoms with Crippen molar-refractivity contribution in [1.82, 2.24) is 5.32 Å². The van der Waals surface area contributed by atoms with E-state index < -0.39 is 6.04 Å². The number of thioether (sulfide) groups is 1. The number of carbonyl (C=O) groups is 3. The van der Waals surface area contributed by atoms with Crippen molar-refractivity contribution in [1.29, 1.82) is 0 Å². The molecule has 0 aliphatic rings. The van der Waals surface area contributed by atoms with Crippen LogP contribution in [-0.2, 0) is 14.4 Å². The zero-order chi connectivity index (χ0) is 12.6. The number of carbonyl (C=O) groups excluding carboxylic acids is 3. The highest BCUT2D eigenvalue weighted by molar-refractivity contribution is 7.98. The van der Waals surface area contributed by atoms with Gasteiger partial charge < -0.3 is 10.1 Å². The van der Waals surface area contributed by atoms with Crippen molar-refractivity contribution in [2.75, 3.05) is 12.0 Å². The highest BCUT2D eigenvalue weighted by atomic mass is 32.2. The molecule has 0 aliphatic heterocycles. The molecule has 0 heterocycles. The van der Waals surface area contributed by atoms with Crippen molar-refractivity contribution in [3.05, 3.63) is 0 Å². The van der Waals surface area contributed by atoms with E-state index in [-0.39, 0.29) is 17.5 Å². The topological polar surface area (TPSA) is 63.2 Å². The molecule has 0 aliphatic carbocycles. The van der Waals surface area contributed by atoms with Gasteiger partial charge in [0, 0.05) is 18.6 Å². The Morgan fingerprint density at radius 1 is 1.19 bits per heavy atom. The Bertz CT molecular complexity index is 266. The van der Waals surface area contributed by atoms with Gasteiger partial charge in [-0.25, -0.2) is 0 Å². The quantitative estimate of drug-likeness (QED) is 0.697. The van der Waals surface area contributed by atoms with E-state index in [0.717, 1.165) is 0 Å². The van der Waals surface area contributed by atoms with Crippen LogP contribution < -0.4 is 5.32 Å². The summed E-state index contributed by atoms with van der Waals surface area (Å²) in [7, 11) is 0. The second-order valence-corrected chi connectivity index (χ2v) is 4.65. The number of Topliss-reactive ketones (excluding diaryl/α,β-unsaturated/α-hetero) is 2. The number of nitrogens with one attached hydrogen (secondary N) is 1. The number of hydrogen-bond acceptors (Lipinski definition) is 4. The second kappa shape index (κ2) is 8.33. The lowest BCUT2D eigenvalue weighted by atomic mass is 10.1. The third-order valence-electron chi connectivity index (χ3n) is 2.09. The molecule has 1 unspecified atom stereocenters. The van der Waals surface area contributed by atoms with Gasteiger partial charge in [-0.2, -0.15) is 11.8 Å². The van der Waals surface area contributed by atoms with Crippen LogP contribution in [0.2, 0.25) is 0 Å². The molecule has 0 aromatic carbocycles. The van der Waals surface area contributed by atoms with Crippen LogP contribution in [0.25, 0.3) is 0 Å². The molecule has 0 saturated heterocycles. The van der Waals surface area contributed by atoms with E-state index in [2.05, 4.69) is 5.32 Å². The normalized spacial score (nSPS) is 11.9. The van der Waals surface area contributed by atoms with Crippen molar-refractivity contribution < 1.29 is 14.4 Å². The molecule has 1 N–H and O–H groups in total. The summed E-state index contributed by atoms with van der Waals surface area (Å²) in [5, 5.41) is 2.67. The molecule has 0 aromatic heterocycles. The summed E-state index contributed by atoms with van der Waals surface area (Å²) < 4.78 is 0. The standard InChI is InChI=1S/C11H19NO3S/c1-8(13)5-4-6-11(15)12-10(7-16-3)9(2)14/h10H,4-7H2,1-3H3,(H,12,15). The zero-order valence-electron chi connectivity index (χ0n) is 10.0. The lowest BCUT2D eigenvalue weighted by Crippen LogP contribution is -2.41. The Kier molecular flexibility index (Phi) is 7.89. The average molecular weight is 245 g/mol. The second-order valence-electron chi connectivity index (χ2n) is 3.74. The molecule has 16 heavy (non-hydrogen) atoms. The first kappa shape index (κ1) is 15.2. The van der Waals surface area contributed by atoms with Crippen LogP contribution in [0.3, 0.4) is 0 Å². The van der Waals surface area contributed by atoms with Crippen molar-refractivity contribution in [2.24, 2.45) is 0 Å². The Balaban J connectivity index is 3.90. The molecule has 0 bridgehead atoms. The predicted octanol–water partition coefficient (Wildman–Crippen LogP) is 1.18. The van der Waals surface area contributed by atoms with Gasteiger partial charge in [0.2, 0.25) is 5.91 Å². The van der Waals surface area contributed by atoms with E-state index in [1.165, 1.54) is 25.6 Å². The fraction of sp³-hybridized carbons (Fsp3) is 0.727. The summed E-state index contributed by atoms with van der Waals surface area (Å²) in [4.78, 5) is 33.3. The smallest absolute Gasteiger partial charge is 0.220 e. The summed E-state index contributed by atoms with van der Waals surface area (Å²) in [6.45, 7) is 2.97. The first-order valence-corrected chi connectivity index (χ1v) is 6.65. The molecule has 1 atom stereocenters. The van der Waals surface area contributed by atoms with E-state index in [9.17, 15) is 14.4 Å². The first-order valence-electron chi connectivity index (χ1n) is 5.25. The maximum Gasteiger partial charge on any atom is 0.220 e. The summed E-state index contributed by atoms with van der Waals surface area (Å²) >= 11 is 1.52. The van der Waals surface area contributed by atoms with Crippen molar-refractivity contribution >= 4 is 29.2 Å². The van der Waals surface area contributed by atoms with E-state index >= 15 is 0 Å². The van der Waals surface area contributed by atoms with Crippen LogP contribution in [0.1, 0.15) is 33.1 Å². The van der Waals surface area contributed by atoms with Crippen molar-refractivity contribution in [2.45, 2.75) is 39.2 Å². The summed E-state index contributed by atoms with van der Waals surface area (Å²) in [6.07, 6.45) is 3.15. The van der Waals surface area contributed by atoms with Gasteiger partial charge in [-0.1, -0.05) is 0 Å². The molecule has 0 spiro atoms. The summed E-state index contributed by atoms with van der Waals surface area (Å²) in [6, 6.07) is -0.403. The van der Waals surface area contributed by atoms with Crippen molar-refractivity contribution in [3.8, 4) is 0 Å². The fourth-order valence-corrected chi connectivity index (χ4v) is 1.84. The Labute approximate surface area is 101 Å². The monoisotopic (exact) mass is 245 g/mol. The van der Waals surface area contributed by atoms with E-state index in [4.69, 9.17) is 0 Å². The van der Waals surface area contributed by atoms with Gasteiger partial charge in [-0.15, -0.1) is 0 Å². The van der Waals surface area contributed by atoms with Crippen molar-refractivity contribution in [3.63, 3.8) is 0 Å². The molecule has 0 fully saturated rings. The molecule has 4 nitrogen and oxygen atoms in total. The number of ketones is 2. The largest absolute Gasteiger partial charge is 0.345 e. The third kappa shape index (κ3) is 7.45. The van der Waals surface area contributed by atoms with Crippen LogP contribution in [0.4, 0.5) is 0 Å². The van der Waals surface area contributed by atoms with Gasteiger partial charge in [-0.05, 0) is 26.5 Å². The number of hydrogen-bond donors (Lipinski definition) is 1. The first-order chi connectivity index (χ1) is 7.47. The average Bonchev–Trinajstić information content (AvgIpc) is 2.16. The van der Waals surface area contributed by atoms with E-state index in [1.54, 1.807) is 0 Å². The maximum absolute atomic E-state index is 11.4. The minimum Gasteiger partial charge on any atom is -0.345 e. The SMILES string of the molecule is CSCC(NC(=O)CCCC(C)=O)C(C)=O. The lowest BCUT2D eigenvalue weighted by molar-refractivity contribution is -0.126. The predicted molar refractivity (Wildman–Crippen MR) is 65.5 cm³/mol. The van der Waals surface area contributed by atoms with Crippen LogP contribution in [0.15, 0.2) is 0 Å². The Hall–Kier alpha value is -0.840. The number of amides is 1. The maximum atomic E-state index is 11.4. The van der Waals surface area contributed by atoms with Gasteiger partial charge in [0.25, 0.3) is 0 Å². The molecule has 92 valence electrons. The van der Waals surface area contributed by atoms with Gasteiger partial charge in [0.1, 0.15) is 5.78 Å². The Morgan fingerprint density at radius 3 is 2.25 bits per heavy atom. The molecule has 0 saturated carbocycles. The highest BCUT2D eigenvalue weighted by Crippen LogP contribution is 2.01. The molecule has 0 rings (SSSR count). The summed E-state index contributed by atoms with van der Waals surface area (Å²) in [5.74, 6) is 0.484. The molecule has 5 heteroatoms. The van der Waals surface area contributed by atoms with Gasteiger partial charge in [-0.3, -0.25) is 9.59 Å². The third-order valence-corrected chi connectivity index (χ3v) is 2.76. The van der Waals surface area contributed by atoms with E-state index in [0.29, 0.717) is 25.0 Å². The highest BCUT2D eigenvalue weighted by Gasteiger charge is 2.15. The van der Waals surface area contributed by atoms with Gasteiger partial charge in [0.05, 0.1) is 6.04 Å². The minimum absolute atomic E-state index is 0.0331. The molecular weight excluding hydrogens is 226 g/mol. The minimum atomic E-state index is -0.403. The number of rotatable bonds is 8. The summed E-state index contributed by atoms with van der Waals surface area (Å²) in [5.41, 5.74) is 0. The zero-order valence-corrected chi connectivity index (χ0v) is 10.9. The van der Waals surface area contributed by atoms with Gasteiger partial charge in [0.15, 0.2) is 5.78 Å². The molecule has 0 aromatic rings. The van der Waals surface area contributed by atoms with Crippen LogP contribution in [0.5, 0.6) is 0 Å².